The topological polar surface area (TPSA) is 30.5 Å². The molecule has 2 aliphatic rings. The minimum Gasteiger partial charge on any atom is -0.497 e. The molecule has 3 nitrogen and oxygen atoms in total. The Morgan fingerprint density at radius 3 is 2.56 bits per heavy atom. The Morgan fingerprint density at radius 1 is 1.17 bits per heavy atom. The van der Waals surface area contributed by atoms with Crippen LogP contribution in [0.3, 0.4) is 0 Å². The molecule has 0 saturated heterocycles. The van der Waals surface area contributed by atoms with Crippen molar-refractivity contribution < 1.29 is 9.47 Å². The predicted molar refractivity (Wildman–Crippen MR) is 71.3 cm³/mol. The molecule has 0 bridgehead atoms. The van der Waals surface area contributed by atoms with Gasteiger partial charge in [0.2, 0.25) is 0 Å². The van der Waals surface area contributed by atoms with Crippen LogP contribution in [0.2, 0.25) is 0 Å². The monoisotopic (exact) mass is 247 g/mol. The van der Waals surface area contributed by atoms with Crippen molar-refractivity contribution in [1.82, 2.24) is 5.32 Å². The minimum absolute atomic E-state index is 0.479. The Balaban J connectivity index is 2.08. The quantitative estimate of drug-likeness (QED) is 0.890. The zero-order valence-electron chi connectivity index (χ0n) is 11.3. The molecule has 3 rings (SSSR count). The molecular weight excluding hydrogens is 226 g/mol. The average Bonchev–Trinajstić information content (AvgIpc) is 3.21. The van der Waals surface area contributed by atoms with Gasteiger partial charge in [0.25, 0.3) is 0 Å². The van der Waals surface area contributed by atoms with Gasteiger partial charge < -0.3 is 14.8 Å². The summed E-state index contributed by atoms with van der Waals surface area (Å²) in [5.74, 6) is 2.67. The molecule has 18 heavy (non-hydrogen) atoms. The molecule has 0 spiro atoms. The molecule has 1 aromatic carbocycles. The third-order valence-electron chi connectivity index (χ3n) is 4.08. The lowest BCUT2D eigenvalue weighted by molar-refractivity contribution is 0.356. The van der Waals surface area contributed by atoms with E-state index >= 15 is 0 Å². The maximum Gasteiger partial charge on any atom is 0.126 e. The summed E-state index contributed by atoms with van der Waals surface area (Å²) in [4.78, 5) is 0. The van der Waals surface area contributed by atoms with Gasteiger partial charge >= 0.3 is 0 Å². The lowest BCUT2D eigenvalue weighted by Crippen LogP contribution is -2.38. The summed E-state index contributed by atoms with van der Waals surface area (Å²) in [5.41, 5.74) is 2.74. The van der Waals surface area contributed by atoms with Gasteiger partial charge in [-0.15, -0.1) is 0 Å². The van der Waals surface area contributed by atoms with Crippen molar-refractivity contribution in [2.75, 3.05) is 14.2 Å². The summed E-state index contributed by atoms with van der Waals surface area (Å²) in [6.45, 7) is 2.25. The molecule has 1 fully saturated rings. The Labute approximate surface area is 108 Å². The van der Waals surface area contributed by atoms with Gasteiger partial charge in [-0.2, -0.15) is 0 Å². The van der Waals surface area contributed by atoms with Crippen LogP contribution >= 0.6 is 0 Å². The van der Waals surface area contributed by atoms with Crippen molar-refractivity contribution in [3.8, 4) is 11.5 Å². The maximum absolute atomic E-state index is 5.54. The first-order valence-corrected chi connectivity index (χ1v) is 6.73. The molecule has 1 N–H and O–H groups in total. The van der Waals surface area contributed by atoms with Crippen molar-refractivity contribution in [1.29, 1.82) is 0 Å². The number of nitrogens with one attached hydrogen (secondary N) is 1. The second-order valence-electron chi connectivity index (χ2n) is 5.48. The van der Waals surface area contributed by atoms with Crippen molar-refractivity contribution in [2.24, 2.45) is 5.92 Å². The first-order valence-electron chi connectivity index (χ1n) is 6.73. The highest BCUT2D eigenvalue weighted by Gasteiger charge is 2.37. The van der Waals surface area contributed by atoms with Gasteiger partial charge in [0.05, 0.1) is 14.2 Å². The second-order valence-corrected chi connectivity index (χ2v) is 5.48. The first-order chi connectivity index (χ1) is 8.72. The summed E-state index contributed by atoms with van der Waals surface area (Å²) in [6, 6.07) is 5.18. The van der Waals surface area contributed by atoms with Crippen LogP contribution in [-0.2, 0) is 6.42 Å². The van der Waals surface area contributed by atoms with E-state index in [0.29, 0.717) is 12.1 Å². The van der Waals surface area contributed by atoms with E-state index in [1.807, 2.05) is 6.07 Å². The van der Waals surface area contributed by atoms with Gasteiger partial charge in [0, 0.05) is 23.7 Å². The number of hydrogen-bond donors (Lipinski definition) is 1. The molecule has 0 amide bonds. The van der Waals surface area contributed by atoms with E-state index in [2.05, 4.69) is 18.3 Å². The molecule has 1 saturated carbocycles. The summed E-state index contributed by atoms with van der Waals surface area (Å²) < 4.78 is 10.9. The summed E-state index contributed by atoms with van der Waals surface area (Å²) in [5, 5.41) is 3.73. The van der Waals surface area contributed by atoms with Gasteiger partial charge in [-0.3, -0.25) is 0 Å². The van der Waals surface area contributed by atoms with E-state index < -0.39 is 0 Å². The van der Waals surface area contributed by atoms with Gasteiger partial charge in [0.15, 0.2) is 0 Å². The molecule has 1 aromatic rings. The Hall–Kier alpha value is -1.22. The minimum atomic E-state index is 0.479. The third-order valence-corrected chi connectivity index (χ3v) is 4.08. The molecule has 2 atom stereocenters. The maximum atomic E-state index is 5.54. The Bertz CT molecular complexity index is 454. The number of rotatable bonds is 3. The lowest BCUT2D eigenvalue weighted by Gasteiger charge is -2.33. The van der Waals surface area contributed by atoms with Gasteiger partial charge in [0.1, 0.15) is 11.5 Å². The second kappa shape index (κ2) is 4.47. The van der Waals surface area contributed by atoms with Crippen LogP contribution in [0.5, 0.6) is 11.5 Å². The van der Waals surface area contributed by atoms with Crippen molar-refractivity contribution in [2.45, 2.75) is 38.3 Å². The molecule has 1 heterocycles. The number of ether oxygens (including phenoxy) is 2. The van der Waals surface area contributed by atoms with Crippen LogP contribution in [0.1, 0.15) is 36.9 Å². The fraction of sp³-hybridized carbons (Fsp3) is 0.600. The molecule has 3 heteroatoms. The zero-order valence-corrected chi connectivity index (χ0v) is 11.3. The summed E-state index contributed by atoms with van der Waals surface area (Å²) in [7, 11) is 3.46. The largest absolute Gasteiger partial charge is 0.497 e. The number of benzene rings is 1. The standard InChI is InChI=1S/C15H21NO2/c1-9-6-12-13(15(16-9)10-4-5-10)7-11(17-2)8-14(12)18-3/h7-10,15-16H,4-6H2,1-3H3. The van der Waals surface area contributed by atoms with Crippen LogP contribution in [-0.4, -0.2) is 20.3 Å². The van der Waals surface area contributed by atoms with Crippen LogP contribution < -0.4 is 14.8 Å². The highest BCUT2D eigenvalue weighted by molar-refractivity contribution is 5.50. The average molecular weight is 247 g/mol. The molecule has 2 unspecified atom stereocenters. The van der Waals surface area contributed by atoms with Crippen LogP contribution in [0.15, 0.2) is 12.1 Å². The van der Waals surface area contributed by atoms with E-state index in [1.54, 1.807) is 14.2 Å². The van der Waals surface area contributed by atoms with E-state index in [9.17, 15) is 0 Å². The Morgan fingerprint density at radius 2 is 1.94 bits per heavy atom. The third kappa shape index (κ3) is 1.97. The Kier molecular flexibility index (Phi) is 2.94. The smallest absolute Gasteiger partial charge is 0.126 e. The van der Waals surface area contributed by atoms with E-state index in [-0.39, 0.29) is 0 Å². The predicted octanol–water partition coefficient (Wildman–Crippen LogP) is 2.69. The number of fused-ring (bicyclic) bond motifs is 1. The van der Waals surface area contributed by atoms with Gasteiger partial charge in [-0.25, -0.2) is 0 Å². The summed E-state index contributed by atoms with van der Waals surface area (Å²) >= 11 is 0. The highest BCUT2D eigenvalue weighted by atomic mass is 16.5. The summed E-state index contributed by atoms with van der Waals surface area (Å²) in [6.07, 6.45) is 3.71. The van der Waals surface area contributed by atoms with E-state index in [4.69, 9.17) is 9.47 Å². The first kappa shape index (κ1) is 11.8. The molecule has 0 aromatic heterocycles. The fourth-order valence-corrected chi connectivity index (χ4v) is 3.02. The molecular formula is C15H21NO2. The molecule has 1 aliphatic carbocycles. The van der Waals surface area contributed by atoms with Crippen molar-refractivity contribution in [3.63, 3.8) is 0 Å². The van der Waals surface area contributed by atoms with Gasteiger partial charge in [-0.1, -0.05) is 0 Å². The molecule has 98 valence electrons. The van der Waals surface area contributed by atoms with Crippen molar-refractivity contribution in [3.05, 3.63) is 23.3 Å². The number of methoxy groups -OCH3 is 2. The number of hydrogen-bond acceptors (Lipinski definition) is 3. The lowest BCUT2D eigenvalue weighted by atomic mass is 9.87. The van der Waals surface area contributed by atoms with Gasteiger partial charge in [-0.05, 0) is 43.7 Å². The van der Waals surface area contributed by atoms with E-state index in [0.717, 1.165) is 23.8 Å². The van der Waals surface area contributed by atoms with E-state index in [1.165, 1.54) is 24.0 Å². The highest BCUT2D eigenvalue weighted by Crippen LogP contribution is 2.46. The van der Waals surface area contributed by atoms with Crippen LogP contribution in [0, 0.1) is 5.92 Å². The van der Waals surface area contributed by atoms with Crippen LogP contribution in [0.25, 0.3) is 0 Å². The van der Waals surface area contributed by atoms with Crippen molar-refractivity contribution >= 4 is 0 Å². The fourth-order valence-electron chi connectivity index (χ4n) is 3.02. The normalized spacial score (nSPS) is 26.6. The molecule has 0 radical (unpaired) electrons. The molecule has 1 aliphatic heterocycles. The van der Waals surface area contributed by atoms with Crippen LogP contribution in [0.4, 0.5) is 0 Å². The SMILES string of the molecule is COc1cc(OC)c2c(c1)C(C1CC1)NC(C)C2. The zero-order chi connectivity index (χ0) is 12.7.